The van der Waals surface area contributed by atoms with Crippen molar-refractivity contribution in [2.24, 2.45) is 0 Å². The Morgan fingerprint density at radius 1 is 1.12 bits per heavy atom. The molecule has 0 aliphatic rings. The number of ether oxygens (including phenoxy) is 1. The number of aryl methyl sites for hydroxylation is 2. The van der Waals surface area contributed by atoms with Crippen LogP contribution in [0, 0.1) is 32.1 Å². The lowest BCUT2D eigenvalue weighted by atomic mass is 10.2. The fourth-order valence-corrected chi connectivity index (χ4v) is 2.87. The Morgan fingerprint density at radius 3 is 2.48 bits per heavy atom. The van der Waals surface area contributed by atoms with Crippen LogP contribution in [0.2, 0.25) is 5.02 Å². The number of nitriles is 1. The van der Waals surface area contributed by atoms with Gasteiger partial charge in [-0.2, -0.15) is 10.4 Å². The molecule has 0 atom stereocenters. The zero-order chi connectivity index (χ0) is 18.0. The van der Waals surface area contributed by atoms with Gasteiger partial charge in [-0.1, -0.05) is 29.3 Å². The van der Waals surface area contributed by atoms with Gasteiger partial charge >= 0.3 is 0 Å². The molecule has 0 aliphatic carbocycles. The van der Waals surface area contributed by atoms with Crippen LogP contribution in [0.25, 0.3) is 5.69 Å². The van der Waals surface area contributed by atoms with Gasteiger partial charge in [0.15, 0.2) is 0 Å². The average molecular weight is 352 g/mol. The molecule has 0 unspecified atom stereocenters. The van der Waals surface area contributed by atoms with Crippen LogP contribution in [-0.4, -0.2) is 9.78 Å². The van der Waals surface area contributed by atoms with Gasteiger partial charge in [-0.3, -0.25) is 0 Å². The van der Waals surface area contributed by atoms with Crippen LogP contribution in [0.1, 0.15) is 28.1 Å². The Labute approximate surface area is 152 Å². The molecular formula is C20H18ClN3O. The van der Waals surface area contributed by atoms with Gasteiger partial charge in [0.05, 0.1) is 22.0 Å². The molecule has 0 saturated heterocycles. The van der Waals surface area contributed by atoms with E-state index in [0.29, 0.717) is 17.2 Å². The third kappa shape index (κ3) is 3.52. The van der Waals surface area contributed by atoms with Crippen molar-refractivity contribution in [3.63, 3.8) is 0 Å². The maximum absolute atomic E-state index is 9.00. The molecule has 5 heteroatoms. The van der Waals surface area contributed by atoms with Gasteiger partial charge in [0, 0.05) is 11.3 Å². The Morgan fingerprint density at radius 2 is 1.84 bits per heavy atom. The Kier molecular flexibility index (Phi) is 4.78. The summed E-state index contributed by atoms with van der Waals surface area (Å²) in [4.78, 5) is 0. The molecular weight excluding hydrogens is 334 g/mol. The third-order valence-corrected chi connectivity index (χ3v) is 4.48. The number of benzene rings is 2. The molecule has 0 aliphatic heterocycles. The summed E-state index contributed by atoms with van der Waals surface area (Å²) < 4.78 is 7.73. The van der Waals surface area contributed by atoms with Crippen LogP contribution in [-0.2, 0) is 6.61 Å². The van der Waals surface area contributed by atoms with Crippen LogP contribution < -0.4 is 4.74 Å². The van der Waals surface area contributed by atoms with Crippen LogP contribution >= 0.6 is 11.6 Å². The molecule has 0 N–H and O–H groups in total. The predicted octanol–water partition coefficient (Wildman–Crippen LogP) is 4.90. The van der Waals surface area contributed by atoms with Gasteiger partial charge in [-0.05, 0) is 51.1 Å². The van der Waals surface area contributed by atoms with E-state index in [9.17, 15) is 0 Å². The molecule has 2 aromatic carbocycles. The quantitative estimate of drug-likeness (QED) is 0.671. The van der Waals surface area contributed by atoms with Gasteiger partial charge in [0.1, 0.15) is 18.4 Å². The van der Waals surface area contributed by atoms with E-state index in [4.69, 9.17) is 21.6 Å². The summed E-state index contributed by atoms with van der Waals surface area (Å²) in [6.45, 7) is 6.46. The predicted molar refractivity (Wildman–Crippen MR) is 98.3 cm³/mol. The highest BCUT2D eigenvalue weighted by Crippen LogP contribution is 2.24. The maximum atomic E-state index is 9.00. The Balaban J connectivity index is 1.87. The first-order valence-electron chi connectivity index (χ1n) is 7.94. The largest absolute Gasteiger partial charge is 0.489 e. The first kappa shape index (κ1) is 17.1. The summed E-state index contributed by atoms with van der Waals surface area (Å²) in [6.07, 6.45) is 0. The fraction of sp³-hybridized carbons (Fsp3) is 0.200. The molecule has 0 saturated carbocycles. The lowest BCUT2D eigenvalue weighted by Crippen LogP contribution is -2.01. The monoisotopic (exact) mass is 351 g/mol. The second-order valence-corrected chi connectivity index (χ2v) is 6.35. The summed E-state index contributed by atoms with van der Waals surface area (Å²) in [5, 5.41) is 14.0. The van der Waals surface area contributed by atoms with Crippen molar-refractivity contribution in [2.75, 3.05) is 0 Å². The highest BCUT2D eigenvalue weighted by molar-refractivity contribution is 6.31. The summed E-state index contributed by atoms with van der Waals surface area (Å²) >= 11 is 6.14. The molecule has 3 aromatic rings. The van der Waals surface area contributed by atoms with Crippen molar-refractivity contribution < 1.29 is 4.74 Å². The summed E-state index contributed by atoms with van der Waals surface area (Å²) in [5.41, 5.74) is 5.42. The van der Waals surface area contributed by atoms with Crippen molar-refractivity contribution in [3.8, 4) is 17.5 Å². The topological polar surface area (TPSA) is 50.8 Å². The average Bonchev–Trinajstić information content (AvgIpc) is 2.89. The van der Waals surface area contributed by atoms with E-state index in [1.54, 1.807) is 12.1 Å². The summed E-state index contributed by atoms with van der Waals surface area (Å²) in [6, 6.07) is 15.3. The molecule has 126 valence electrons. The number of rotatable bonds is 4. The highest BCUT2D eigenvalue weighted by Gasteiger charge is 2.14. The minimum absolute atomic E-state index is 0.421. The van der Waals surface area contributed by atoms with E-state index in [0.717, 1.165) is 28.4 Å². The summed E-state index contributed by atoms with van der Waals surface area (Å²) in [5.74, 6) is 0.832. The van der Waals surface area contributed by atoms with Gasteiger partial charge in [-0.25, -0.2) is 4.68 Å². The van der Waals surface area contributed by atoms with E-state index < -0.39 is 0 Å². The lowest BCUT2D eigenvalue weighted by Gasteiger charge is -2.08. The van der Waals surface area contributed by atoms with Crippen molar-refractivity contribution >= 4 is 11.6 Å². The Hall–Kier alpha value is -2.77. The number of hydrogen-bond donors (Lipinski definition) is 0. The maximum Gasteiger partial charge on any atom is 0.119 e. The van der Waals surface area contributed by atoms with Crippen LogP contribution in [0.5, 0.6) is 5.75 Å². The third-order valence-electron chi connectivity index (χ3n) is 4.16. The van der Waals surface area contributed by atoms with Crippen molar-refractivity contribution in [2.45, 2.75) is 27.4 Å². The zero-order valence-electron chi connectivity index (χ0n) is 14.4. The van der Waals surface area contributed by atoms with Gasteiger partial charge < -0.3 is 4.74 Å². The first-order chi connectivity index (χ1) is 12.0. The van der Waals surface area contributed by atoms with Crippen LogP contribution in [0.3, 0.4) is 0 Å². The van der Waals surface area contributed by atoms with Gasteiger partial charge in [0.25, 0.3) is 0 Å². The van der Waals surface area contributed by atoms with E-state index >= 15 is 0 Å². The van der Waals surface area contributed by atoms with E-state index in [1.807, 2.05) is 55.8 Å². The molecule has 3 rings (SSSR count). The van der Waals surface area contributed by atoms with Crippen molar-refractivity contribution in [3.05, 3.63) is 75.6 Å². The smallest absolute Gasteiger partial charge is 0.119 e. The highest BCUT2D eigenvalue weighted by atomic mass is 35.5. The van der Waals surface area contributed by atoms with Gasteiger partial charge in [-0.15, -0.1) is 0 Å². The minimum atomic E-state index is 0.421. The molecule has 25 heavy (non-hydrogen) atoms. The normalized spacial score (nSPS) is 10.5. The second-order valence-electron chi connectivity index (χ2n) is 5.94. The zero-order valence-corrected chi connectivity index (χ0v) is 15.1. The number of aromatic nitrogens is 2. The molecule has 0 radical (unpaired) electrons. The second kappa shape index (κ2) is 7.00. The fourth-order valence-electron chi connectivity index (χ4n) is 2.65. The van der Waals surface area contributed by atoms with E-state index in [-0.39, 0.29) is 0 Å². The lowest BCUT2D eigenvalue weighted by molar-refractivity contribution is 0.304. The van der Waals surface area contributed by atoms with Crippen LogP contribution in [0.15, 0.2) is 42.5 Å². The van der Waals surface area contributed by atoms with E-state index in [2.05, 4.69) is 11.2 Å². The van der Waals surface area contributed by atoms with E-state index in [1.165, 1.54) is 5.56 Å². The molecule has 0 amide bonds. The minimum Gasteiger partial charge on any atom is -0.489 e. The first-order valence-corrected chi connectivity index (χ1v) is 8.32. The molecule has 0 spiro atoms. The van der Waals surface area contributed by atoms with Gasteiger partial charge in [0.2, 0.25) is 0 Å². The molecule has 1 heterocycles. The standard InChI is InChI=1S/C20H18ClN3O/c1-13-4-8-18(9-5-13)25-12-19-14(2)23-24(15(19)3)17-7-6-16(11-22)20(21)10-17/h4-10H,12H2,1-3H3. The number of nitrogens with zero attached hydrogens (tertiary/aromatic N) is 3. The number of hydrogen-bond acceptors (Lipinski definition) is 3. The summed E-state index contributed by atoms with van der Waals surface area (Å²) in [7, 11) is 0. The van der Waals surface area contributed by atoms with Crippen LogP contribution in [0.4, 0.5) is 0 Å². The molecule has 0 fully saturated rings. The molecule has 1 aromatic heterocycles. The molecule has 4 nitrogen and oxygen atoms in total. The number of halogens is 1. The molecule has 0 bridgehead atoms. The Bertz CT molecular complexity index is 952. The van der Waals surface area contributed by atoms with Crippen molar-refractivity contribution in [1.29, 1.82) is 5.26 Å². The van der Waals surface area contributed by atoms with Crippen molar-refractivity contribution in [1.82, 2.24) is 9.78 Å². The SMILES string of the molecule is Cc1ccc(OCc2c(C)nn(-c3ccc(C#N)c(Cl)c3)c2C)cc1.